The van der Waals surface area contributed by atoms with Gasteiger partial charge in [-0.2, -0.15) is 0 Å². The molecule has 0 radical (unpaired) electrons. The zero-order chi connectivity index (χ0) is 15.1. The number of benzene rings is 1. The Labute approximate surface area is 129 Å². The zero-order valence-corrected chi connectivity index (χ0v) is 12.7. The number of nitrogens with one attached hydrogen (secondary N) is 1. The predicted octanol–water partition coefficient (Wildman–Crippen LogP) is 3.19. The molecule has 1 aliphatic heterocycles. The minimum Gasteiger partial charge on any atom is -0.353 e. The molecule has 1 saturated heterocycles. The minimum absolute atomic E-state index is 0.146. The van der Waals surface area contributed by atoms with Crippen LogP contribution in [0.2, 0.25) is 5.02 Å². The van der Waals surface area contributed by atoms with Gasteiger partial charge in [-0.25, -0.2) is 0 Å². The number of hydrogen-bond acceptors (Lipinski definition) is 3. The van der Waals surface area contributed by atoms with Crippen molar-refractivity contribution < 1.29 is 14.3 Å². The Morgan fingerprint density at radius 1 is 1.52 bits per heavy atom. The quantitative estimate of drug-likeness (QED) is 0.872. The van der Waals surface area contributed by atoms with Crippen molar-refractivity contribution in [3.05, 3.63) is 28.8 Å². The van der Waals surface area contributed by atoms with E-state index in [1.165, 1.54) is 6.92 Å². The molecule has 2 rings (SSSR count). The summed E-state index contributed by atoms with van der Waals surface area (Å²) in [5, 5.41) is 3.30. The van der Waals surface area contributed by atoms with E-state index in [9.17, 15) is 4.79 Å². The molecular formula is C16H18ClNO3. The Hall–Kier alpha value is -1.54. The minimum atomic E-state index is -0.151. The van der Waals surface area contributed by atoms with Crippen LogP contribution in [0.5, 0.6) is 0 Å². The van der Waals surface area contributed by atoms with E-state index in [4.69, 9.17) is 21.1 Å². The number of amides is 1. The van der Waals surface area contributed by atoms with Crippen LogP contribution in [0.1, 0.15) is 31.7 Å². The number of anilines is 1. The van der Waals surface area contributed by atoms with Crippen molar-refractivity contribution in [1.29, 1.82) is 0 Å². The normalized spacial score (nSPS) is 17.7. The van der Waals surface area contributed by atoms with Crippen LogP contribution >= 0.6 is 11.6 Å². The van der Waals surface area contributed by atoms with Crippen molar-refractivity contribution in [2.45, 2.75) is 32.5 Å². The van der Waals surface area contributed by atoms with E-state index in [0.29, 0.717) is 16.3 Å². The van der Waals surface area contributed by atoms with Crippen molar-refractivity contribution in [2.24, 2.45) is 0 Å². The van der Waals surface area contributed by atoms with Gasteiger partial charge in [-0.1, -0.05) is 23.4 Å². The summed E-state index contributed by atoms with van der Waals surface area (Å²) >= 11 is 5.96. The van der Waals surface area contributed by atoms with E-state index in [1.54, 1.807) is 18.2 Å². The third-order valence-electron chi connectivity index (χ3n) is 2.99. The maximum atomic E-state index is 11.2. The highest BCUT2D eigenvalue weighted by Gasteiger charge is 2.12. The molecule has 21 heavy (non-hydrogen) atoms. The lowest BCUT2D eigenvalue weighted by Gasteiger charge is -2.21. The number of hydrogen-bond donors (Lipinski definition) is 1. The van der Waals surface area contributed by atoms with Crippen molar-refractivity contribution in [2.75, 3.05) is 18.5 Å². The van der Waals surface area contributed by atoms with E-state index < -0.39 is 0 Å². The molecule has 1 aliphatic rings. The van der Waals surface area contributed by atoms with Crippen molar-refractivity contribution in [3.8, 4) is 11.8 Å². The summed E-state index contributed by atoms with van der Waals surface area (Å²) < 4.78 is 11.0. The summed E-state index contributed by atoms with van der Waals surface area (Å²) in [5.74, 6) is 5.75. The summed E-state index contributed by atoms with van der Waals surface area (Å²) in [6.45, 7) is 2.49. The third kappa shape index (κ3) is 5.39. The molecular weight excluding hydrogens is 290 g/mol. The average Bonchev–Trinajstić information content (AvgIpc) is 2.47. The molecule has 1 amide bonds. The molecule has 4 nitrogen and oxygen atoms in total. The SMILES string of the molecule is CC(=O)Nc1ccc(Cl)cc1C#CCOC1CCCCO1. The molecule has 0 saturated carbocycles. The highest BCUT2D eigenvalue weighted by atomic mass is 35.5. The Morgan fingerprint density at radius 2 is 2.38 bits per heavy atom. The lowest BCUT2D eigenvalue weighted by molar-refractivity contribution is -0.154. The van der Waals surface area contributed by atoms with Gasteiger partial charge in [0.05, 0.1) is 5.69 Å². The van der Waals surface area contributed by atoms with Gasteiger partial charge in [0.2, 0.25) is 5.91 Å². The smallest absolute Gasteiger partial charge is 0.221 e. The second kappa shape index (κ2) is 8.04. The fraction of sp³-hybridized carbons (Fsp3) is 0.438. The van der Waals surface area contributed by atoms with E-state index in [2.05, 4.69) is 17.2 Å². The summed E-state index contributed by atoms with van der Waals surface area (Å²) in [6, 6.07) is 5.17. The number of rotatable bonds is 3. The summed E-state index contributed by atoms with van der Waals surface area (Å²) in [4.78, 5) is 11.2. The number of carbonyl (C=O) groups excluding carboxylic acids is 1. The summed E-state index contributed by atoms with van der Waals surface area (Å²) in [6.07, 6.45) is 2.98. The maximum absolute atomic E-state index is 11.2. The predicted molar refractivity (Wildman–Crippen MR) is 82.2 cm³/mol. The van der Waals surface area contributed by atoms with Crippen molar-refractivity contribution >= 4 is 23.2 Å². The molecule has 0 aliphatic carbocycles. The van der Waals surface area contributed by atoms with Gasteiger partial charge in [0.1, 0.15) is 6.61 Å². The first kappa shape index (κ1) is 15.8. The Morgan fingerprint density at radius 3 is 3.10 bits per heavy atom. The molecule has 1 heterocycles. The molecule has 1 atom stereocenters. The van der Waals surface area contributed by atoms with Crippen LogP contribution in [-0.4, -0.2) is 25.4 Å². The summed E-state index contributed by atoms with van der Waals surface area (Å²) in [5.41, 5.74) is 1.32. The molecule has 0 spiro atoms. The van der Waals surface area contributed by atoms with Gasteiger partial charge in [-0.05, 0) is 37.5 Å². The maximum Gasteiger partial charge on any atom is 0.221 e. The van der Waals surface area contributed by atoms with Gasteiger partial charge in [0.25, 0.3) is 0 Å². The van der Waals surface area contributed by atoms with Crippen LogP contribution in [0, 0.1) is 11.8 Å². The van der Waals surface area contributed by atoms with Gasteiger partial charge in [-0.3, -0.25) is 4.79 Å². The first-order valence-electron chi connectivity index (χ1n) is 6.94. The van der Waals surface area contributed by atoms with Gasteiger partial charge in [0.15, 0.2) is 6.29 Å². The standard InChI is InChI=1S/C16H18ClNO3/c1-12(19)18-15-8-7-14(17)11-13(15)5-4-10-21-16-6-2-3-9-20-16/h7-8,11,16H,2-3,6,9-10H2,1H3,(H,18,19). The third-order valence-corrected chi connectivity index (χ3v) is 3.23. The van der Waals surface area contributed by atoms with Gasteiger partial charge < -0.3 is 14.8 Å². The Bertz CT molecular complexity index is 556. The zero-order valence-electron chi connectivity index (χ0n) is 11.9. The van der Waals surface area contributed by atoms with E-state index >= 15 is 0 Å². The van der Waals surface area contributed by atoms with Crippen molar-refractivity contribution in [1.82, 2.24) is 0 Å². The van der Waals surface area contributed by atoms with Gasteiger partial charge in [0, 0.05) is 24.1 Å². The first-order valence-corrected chi connectivity index (χ1v) is 7.32. The van der Waals surface area contributed by atoms with E-state index in [0.717, 1.165) is 25.9 Å². The summed E-state index contributed by atoms with van der Waals surface area (Å²) in [7, 11) is 0. The van der Waals surface area contributed by atoms with Crippen LogP contribution in [0.15, 0.2) is 18.2 Å². The van der Waals surface area contributed by atoms with Crippen LogP contribution in [0.4, 0.5) is 5.69 Å². The molecule has 0 aromatic heterocycles. The molecule has 1 aromatic rings. The molecule has 1 aromatic carbocycles. The second-order valence-electron chi connectivity index (χ2n) is 4.78. The van der Waals surface area contributed by atoms with E-state index in [-0.39, 0.29) is 18.8 Å². The molecule has 1 N–H and O–H groups in total. The molecule has 0 bridgehead atoms. The van der Waals surface area contributed by atoms with Crippen LogP contribution in [-0.2, 0) is 14.3 Å². The second-order valence-corrected chi connectivity index (χ2v) is 5.22. The topological polar surface area (TPSA) is 47.6 Å². The Balaban J connectivity index is 1.96. The van der Waals surface area contributed by atoms with Crippen molar-refractivity contribution in [3.63, 3.8) is 0 Å². The van der Waals surface area contributed by atoms with Crippen LogP contribution < -0.4 is 5.32 Å². The largest absolute Gasteiger partial charge is 0.353 e. The fourth-order valence-electron chi connectivity index (χ4n) is 2.03. The van der Waals surface area contributed by atoms with Gasteiger partial charge >= 0.3 is 0 Å². The first-order chi connectivity index (χ1) is 10.1. The molecule has 1 unspecified atom stereocenters. The van der Waals surface area contributed by atoms with E-state index in [1.807, 2.05) is 0 Å². The number of carbonyl (C=O) groups is 1. The van der Waals surface area contributed by atoms with Gasteiger partial charge in [-0.15, -0.1) is 0 Å². The molecule has 112 valence electrons. The van der Waals surface area contributed by atoms with Crippen LogP contribution in [0.25, 0.3) is 0 Å². The average molecular weight is 308 g/mol. The monoisotopic (exact) mass is 307 g/mol. The molecule has 5 heteroatoms. The van der Waals surface area contributed by atoms with Crippen LogP contribution in [0.3, 0.4) is 0 Å². The lowest BCUT2D eigenvalue weighted by Crippen LogP contribution is -2.22. The highest BCUT2D eigenvalue weighted by molar-refractivity contribution is 6.30. The fourth-order valence-corrected chi connectivity index (χ4v) is 2.20. The Kier molecular flexibility index (Phi) is 6.06. The number of ether oxygens (including phenoxy) is 2. The number of halogens is 1. The lowest BCUT2D eigenvalue weighted by atomic mass is 10.2. The highest BCUT2D eigenvalue weighted by Crippen LogP contribution is 2.20. The molecule has 1 fully saturated rings.